The molecule has 0 aliphatic carbocycles. The van der Waals surface area contributed by atoms with Gasteiger partial charge in [-0.15, -0.1) is 0 Å². The second-order valence-corrected chi connectivity index (χ2v) is 7.27. The molecule has 0 radical (unpaired) electrons. The van der Waals surface area contributed by atoms with Gasteiger partial charge in [0.05, 0.1) is 4.90 Å². The number of sulfonamides is 1. The van der Waals surface area contributed by atoms with Gasteiger partial charge in [0.1, 0.15) is 0 Å². The van der Waals surface area contributed by atoms with Crippen molar-refractivity contribution >= 4 is 15.7 Å². The maximum Gasteiger partial charge on any atom is 0.243 e. The summed E-state index contributed by atoms with van der Waals surface area (Å²) < 4.78 is 26.7. The van der Waals surface area contributed by atoms with Gasteiger partial charge in [-0.05, 0) is 49.4 Å². The summed E-state index contributed by atoms with van der Waals surface area (Å²) in [6.07, 6.45) is 3.04. The van der Waals surface area contributed by atoms with Crippen LogP contribution < -0.4 is 5.73 Å². The summed E-state index contributed by atoms with van der Waals surface area (Å²) in [5.41, 5.74) is 7.13. The lowest BCUT2D eigenvalue weighted by molar-refractivity contribution is 0.269. The van der Waals surface area contributed by atoms with E-state index in [0.717, 1.165) is 24.8 Å². The Morgan fingerprint density at radius 2 is 1.89 bits per heavy atom. The summed E-state index contributed by atoms with van der Waals surface area (Å²) >= 11 is 0. The number of nitrogens with zero attached hydrogens (tertiary/aromatic N) is 1. The molecule has 1 aromatic carbocycles. The molecule has 0 aromatic heterocycles. The van der Waals surface area contributed by atoms with E-state index in [1.807, 2.05) is 6.92 Å². The normalized spacial score (nSPS) is 18.6. The average Bonchev–Trinajstić information content (AvgIpc) is 2.37. The van der Waals surface area contributed by atoms with E-state index in [-0.39, 0.29) is 0 Å². The van der Waals surface area contributed by atoms with Crippen LogP contribution in [0.25, 0.3) is 0 Å². The van der Waals surface area contributed by atoms with Crippen molar-refractivity contribution in [1.82, 2.24) is 4.31 Å². The van der Waals surface area contributed by atoms with E-state index in [9.17, 15) is 8.42 Å². The van der Waals surface area contributed by atoms with Gasteiger partial charge >= 0.3 is 0 Å². The highest BCUT2D eigenvalue weighted by Crippen LogP contribution is 2.26. The minimum absolute atomic E-state index is 0.319. The summed E-state index contributed by atoms with van der Waals surface area (Å²) in [4.78, 5) is 0.319. The summed E-state index contributed by atoms with van der Waals surface area (Å²) in [7, 11) is -3.39. The molecule has 19 heavy (non-hydrogen) atoms. The zero-order valence-electron chi connectivity index (χ0n) is 11.6. The quantitative estimate of drug-likeness (QED) is 0.866. The minimum Gasteiger partial charge on any atom is -0.399 e. The van der Waals surface area contributed by atoms with Gasteiger partial charge in [-0.2, -0.15) is 4.31 Å². The van der Waals surface area contributed by atoms with Crippen molar-refractivity contribution in [2.24, 2.45) is 5.92 Å². The van der Waals surface area contributed by atoms with E-state index in [1.54, 1.807) is 22.5 Å². The molecule has 1 aliphatic heterocycles. The fourth-order valence-electron chi connectivity index (χ4n) is 2.63. The molecular formula is C14H22N2O2S. The number of benzene rings is 1. The van der Waals surface area contributed by atoms with E-state index in [1.165, 1.54) is 0 Å². The van der Waals surface area contributed by atoms with E-state index >= 15 is 0 Å². The van der Waals surface area contributed by atoms with Crippen LogP contribution in [0.2, 0.25) is 0 Å². The minimum atomic E-state index is -3.39. The number of aryl methyl sites for hydroxylation is 1. The maximum atomic E-state index is 12.6. The Morgan fingerprint density at radius 3 is 2.42 bits per heavy atom. The van der Waals surface area contributed by atoms with Gasteiger partial charge in [0.15, 0.2) is 0 Å². The number of nitrogens with two attached hydrogens (primary N) is 1. The van der Waals surface area contributed by atoms with E-state index in [4.69, 9.17) is 5.73 Å². The molecule has 0 bridgehead atoms. The van der Waals surface area contributed by atoms with Crippen LogP contribution in [0.3, 0.4) is 0 Å². The SMILES string of the molecule is CCC1CCN(S(=O)(=O)c2cc(C)cc(N)c2)CC1. The highest BCUT2D eigenvalue weighted by molar-refractivity contribution is 7.89. The van der Waals surface area contributed by atoms with Gasteiger partial charge in [-0.1, -0.05) is 13.3 Å². The molecule has 5 heteroatoms. The third kappa shape index (κ3) is 3.09. The molecule has 0 atom stereocenters. The lowest BCUT2D eigenvalue weighted by atomic mass is 9.96. The summed E-state index contributed by atoms with van der Waals surface area (Å²) in [5.74, 6) is 0.661. The van der Waals surface area contributed by atoms with Gasteiger partial charge in [0, 0.05) is 18.8 Å². The highest BCUT2D eigenvalue weighted by Gasteiger charge is 2.28. The van der Waals surface area contributed by atoms with Gasteiger partial charge in [-0.3, -0.25) is 0 Å². The Balaban J connectivity index is 2.23. The van der Waals surface area contributed by atoms with E-state index in [2.05, 4.69) is 6.92 Å². The molecule has 2 rings (SSSR count). The predicted molar refractivity (Wildman–Crippen MR) is 77.4 cm³/mol. The van der Waals surface area contributed by atoms with E-state index in [0.29, 0.717) is 29.6 Å². The Hall–Kier alpha value is -1.07. The predicted octanol–water partition coefficient (Wildman–Crippen LogP) is 2.39. The number of piperidine rings is 1. The lowest BCUT2D eigenvalue weighted by Gasteiger charge is -2.30. The molecule has 0 amide bonds. The summed E-state index contributed by atoms with van der Waals surface area (Å²) in [6.45, 7) is 5.26. The first-order chi connectivity index (χ1) is 8.93. The number of rotatable bonds is 3. The van der Waals surface area contributed by atoms with Gasteiger partial charge in [0.25, 0.3) is 0 Å². The molecule has 1 fully saturated rings. The molecule has 0 spiro atoms. The fraction of sp³-hybridized carbons (Fsp3) is 0.571. The topological polar surface area (TPSA) is 63.4 Å². The van der Waals surface area contributed by atoms with E-state index < -0.39 is 10.0 Å². The van der Waals surface area contributed by atoms with Crippen LogP contribution in [0.1, 0.15) is 31.7 Å². The van der Waals surface area contributed by atoms with Crippen LogP contribution in [0.15, 0.2) is 23.1 Å². The molecule has 1 aliphatic rings. The Bertz CT molecular complexity index is 526. The van der Waals surface area contributed by atoms with Gasteiger partial charge < -0.3 is 5.73 Å². The average molecular weight is 282 g/mol. The Kier molecular flexibility index (Phi) is 4.16. The monoisotopic (exact) mass is 282 g/mol. The molecule has 106 valence electrons. The third-order valence-corrected chi connectivity index (χ3v) is 5.74. The molecule has 0 unspecified atom stereocenters. The van der Waals surface area contributed by atoms with Crippen molar-refractivity contribution in [2.75, 3.05) is 18.8 Å². The Labute approximate surface area is 115 Å². The van der Waals surface area contributed by atoms with Gasteiger partial charge in [-0.25, -0.2) is 8.42 Å². The number of anilines is 1. The smallest absolute Gasteiger partial charge is 0.243 e. The highest BCUT2D eigenvalue weighted by atomic mass is 32.2. The molecule has 1 heterocycles. The van der Waals surface area contributed by atoms with Crippen molar-refractivity contribution in [3.63, 3.8) is 0 Å². The van der Waals surface area contributed by atoms with Crippen LogP contribution in [0.5, 0.6) is 0 Å². The van der Waals surface area contributed by atoms with Crippen LogP contribution >= 0.6 is 0 Å². The second kappa shape index (κ2) is 5.51. The summed E-state index contributed by atoms with van der Waals surface area (Å²) in [5, 5.41) is 0. The lowest BCUT2D eigenvalue weighted by Crippen LogP contribution is -2.38. The number of nitrogen functional groups attached to an aromatic ring is 1. The molecule has 2 N–H and O–H groups in total. The first kappa shape index (κ1) is 14.3. The maximum absolute atomic E-state index is 12.6. The van der Waals surface area contributed by atoms with Crippen LogP contribution in [0.4, 0.5) is 5.69 Å². The second-order valence-electron chi connectivity index (χ2n) is 5.34. The summed E-state index contributed by atoms with van der Waals surface area (Å²) in [6, 6.07) is 5.02. The Morgan fingerprint density at radius 1 is 1.26 bits per heavy atom. The number of hydrogen-bond acceptors (Lipinski definition) is 3. The molecule has 1 aromatic rings. The molecule has 4 nitrogen and oxygen atoms in total. The first-order valence-electron chi connectivity index (χ1n) is 6.81. The third-order valence-electron chi connectivity index (χ3n) is 3.86. The largest absolute Gasteiger partial charge is 0.399 e. The zero-order valence-corrected chi connectivity index (χ0v) is 12.4. The van der Waals surface area contributed by atoms with Crippen LogP contribution in [0, 0.1) is 12.8 Å². The van der Waals surface area contributed by atoms with Crippen LogP contribution in [-0.4, -0.2) is 25.8 Å². The molecular weight excluding hydrogens is 260 g/mol. The fourth-order valence-corrected chi connectivity index (χ4v) is 4.24. The number of hydrogen-bond donors (Lipinski definition) is 1. The molecule has 0 saturated carbocycles. The van der Waals surface area contributed by atoms with Crippen molar-refractivity contribution in [3.8, 4) is 0 Å². The van der Waals surface area contributed by atoms with Crippen LogP contribution in [-0.2, 0) is 10.0 Å². The standard InChI is InChI=1S/C14H22N2O2S/c1-3-12-4-6-16(7-5-12)19(17,18)14-9-11(2)8-13(15)10-14/h8-10,12H,3-7,15H2,1-2H3. The van der Waals surface area contributed by atoms with Crippen molar-refractivity contribution in [1.29, 1.82) is 0 Å². The van der Waals surface area contributed by atoms with Crippen molar-refractivity contribution < 1.29 is 8.42 Å². The molecule has 1 saturated heterocycles. The van der Waals surface area contributed by atoms with Gasteiger partial charge in [0.2, 0.25) is 10.0 Å². The zero-order chi connectivity index (χ0) is 14.0. The van der Waals surface area contributed by atoms with Crippen molar-refractivity contribution in [2.45, 2.75) is 38.0 Å². The van der Waals surface area contributed by atoms with Crippen molar-refractivity contribution in [3.05, 3.63) is 23.8 Å². The first-order valence-corrected chi connectivity index (χ1v) is 8.25.